The van der Waals surface area contributed by atoms with E-state index < -0.39 is 29.5 Å². The van der Waals surface area contributed by atoms with Gasteiger partial charge in [-0.2, -0.15) is 0 Å². The van der Waals surface area contributed by atoms with Crippen LogP contribution in [0.15, 0.2) is 36.4 Å². The predicted octanol–water partition coefficient (Wildman–Crippen LogP) is 2.41. The first kappa shape index (κ1) is 17.6. The van der Waals surface area contributed by atoms with Gasteiger partial charge in [0.1, 0.15) is 17.7 Å². The molecule has 0 aliphatic heterocycles. The number of hydrogen-bond acceptors (Lipinski definition) is 2. The molecule has 24 heavy (non-hydrogen) atoms. The normalized spacial score (nSPS) is 11.8. The van der Waals surface area contributed by atoms with E-state index in [1.54, 1.807) is 0 Å². The third kappa shape index (κ3) is 4.16. The molecule has 0 aliphatic carbocycles. The molecule has 2 aromatic carbocycles. The van der Waals surface area contributed by atoms with E-state index in [-0.39, 0.29) is 12.0 Å². The van der Waals surface area contributed by atoms with Gasteiger partial charge in [-0.15, -0.1) is 0 Å². The van der Waals surface area contributed by atoms with E-state index in [1.807, 2.05) is 32.0 Å². The zero-order valence-corrected chi connectivity index (χ0v) is 13.4. The second kappa shape index (κ2) is 7.21. The number of carbonyl (C=O) groups is 2. The zero-order chi connectivity index (χ0) is 17.9. The Labute approximate surface area is 138 Å². The van der Waals surface area contributed by atoms with Crippen molar-refractivity contribution in [3.8, 4) is 0 Å². The molecule has 4 nitrogen and oxygen atoms in total. The van der Waals surface area contributed by atoms with E-state index >= 15 is 0 Å². The van der Waals surface area contributed by atoms with Crippen LogP contribution in [0, 0.1) is 25.5 Å². The lowest BCUT2D eigenvalue weighted by molar-refractivity contribution is -0.119. The van der Waals surface area contributed by atoms with Gasteiger partial charge >= 0.3 is 0 Å². The Balaban J connectivity index is 2.17. The highest BCUT2D eigenvalue weighted by atomic mass is 19.1. The molecule has 0 heterocycles. The third-order valence-electron chi connectivity index (χ3n) is 3.84. The van der Waals surface area contributed by atoms with Crippen LogP contribution in [0.1, 0.15) is 27.0 Å². The van der Waals surface area contributed by atoms with E-state index in [0.29, 0.717) is 6.07 Å². The molecule has 0 unspecified atom stereocenters. The van der Waals surface area contributed by atoms with Crippen LogP contribution in [-0.2, 0) is 11.2 Å². The molecule has 2 amide bonds. The Hall–Kier alpha value is -2.76. The van der Waals surface area contributed by atoms with Crippen LogP contribution in [-0.4, -0.2) is 17.9 Å². The molecule has 0 bridgehead atoms. The summed E-state index contributed by atoms with van der Waals surface area (Å²) >= 11 is 0. The highest BCUT2D eigenvalue weighted by Gasteiger charge is 2.21. The topological polar surface area (TPSA) is 72.2 Å². The largest absolute Gasteiger partial charge is 0.368 e. The predicted molar refractivity (Wildman–Crippen MR) is 86.4 cm³/mol. The van der Waals surface area contributed by atoms with E-state index in [4.69, 9.17) is 5.73 Å². The lowest BCUT2D eigenvalue weighted by atomic mass is 10.0. The van der Waals surface area contributed by atoms with Gasteiger partial charge in [-0.05, 0) is 42.7 Å². The highest BCUT2D eigenvalue weighted by molar-refractivity contribution is 5.97. The van der Waals surface area contributed by atoms with Crippen molar-refractivity contribution in [1.82, 2.24) is 5.32 Å². The molecule has 1 atom stereocenters. The number of amides is 2. The van der Waals surface area contributed by atoms with Crippen molar-refractivity contribution in [2.24, 2.45) is 5.73 Å². The molecule has 0 saturated heterocycles. The minimum Gasteiger partial charge on any atom is -0.368 e. The fourth-order valence-electron chi connectivity index (χ4n) is 2.30. The van der Waals surface area contributed by atoms with Crippen LogP contribution in [0.4, 0.5) is 8.78 Å². The lowest BCUT2D eigenvalue weighted by Gasteiger charge is -2.16. The van der Waals surface area contributed by atoms with Crippen LogP contribution in [0.25, 0.3) is 0 Å². The smallest absolute Gasteiger partial charge is 0.254 e. The molecule has 2 aromatic rings. The first-order valence-corrected chi connectivity index (χ1v) is 7.39. The summed E-state index contributed by atoms with van der Waals surface area (Å²) in [6.45, 7) is 3.90. The molecule has 2 rings (SSSR count). The van der Waals surface area contributed by atoms with Crippen LogP contribution < -0.4 is 11.1 Å². The maximum absolute atomic E-state index is 13.7. The first-order valence-electron chi connectivity index (χ1n) is 7.39. The van der Waals surface area contributed by atoms with Gasteiger partial charge in [0.05, 0.1) is 5.56 Å². The number of aryl methyl sites for hydroxylation is 2. The van der Waals surface area contributed by atoms with Crippen molar-refractivity contribution in [1.29, 1.82) is 0 Å². The number of carbonyl (C=O) groups excluding carboxylic acids is 2. The number of benzene rings is 2. The maximum atomic E-state index is 13.7. The Kier molecular flexibility index (Phi) is 5.28. The number of rotatable bonds is 5. The van der Waals surface area contributed by atoms with Crippen LogP contribution >= 0.6 is 0 Å². The molecule has 0 aliphatic rings. The molecular weight excluding hydrogens is 314 g/mol. The monoisotopic (exact) mass is 332 g/mol. The Bertz CT molecular complexity index is 791. The van der Waals surface area contributed by atoms with Gasteiger partial charge in [-0.3, -0.25) is 9.59 Å². The van der Waals surface area contributed by atoms with Crippen LogP contribution in [0.2, 0.25) is 0 Å². The van der Waals surface area contributed by atoms with Crippen LogP contribution in [0.5, 0.6) is 0 Å². The molecule has 6 heteroatoms. The van der Waals surface area contributed by atoms with Gasteiger partial charge in [0.2, 0.25) is 5.91 Å². The van der Waals surface area contributed by atoms with Gasteiger partial charge < -0.3 is 11.1 Å². The van der Waals surface area contributed by atoms with Crippen molar-refractivity contribution in [3.05, 3.63) is 70.3 Å². The first-order chi connectivity index (χ1) is 11.3. The molecule has 0 aromatic heterocycles. The van der Waals surface area contributed by atoms with E-state index in [9.17, 15) is 18.4 Å². The van der Waals surface area contributed by atoms with Gasteiger partial charge in [-0.25, -0.2) is 8.78 Å². The second-order valence-corrected chi connectivity index (χ2v) is 5.68. The molecule has 0 fully saturated rings. The maximum Gasteiger partial charge on any atom is 0.254 e. The molecule has 0 spiro atoms. The molecular formula is C18H18F2N2O2. The highest BCUT2D eigenvalue weighted by Crippen LogP contribution is 2.13. The minimum absolute atomic E-state index is 0.186. The number of halogens is 2. The van der Waals surface area contributed by atoms with Gasteiger partial charge in [0.15, 0.2) is 0 Å². The molecule has 3 N–H and O–H groups in total. The van der Waals surface area contributed by atoms with Crippen molar-refractivity contribution < 1.29 is 18.4 Å². The fourth-order valence-corrected chi connectivity index (χ4v) is 2.30. The van der Waals surface area contributed by atoms with E-state index in [1.165, 1.54) is 0 Å². The summed E-state index contributed by atoms with van der Waals surface area (Å²) in [6.07, 6.45) is 0.186. The quantitative estimate of drug-likeness (QED) is 0.882. The molecule has 0 saturated carbocycles. The molecule has 0 radical (unpaired) electrons. The fraction of sp³-hybridized carbons (Fsp3) is 0.222. The van der Waals surface area contributed by atoms with Gasteiger partial charge in [0.25, 0.3) is 5.91 Å². The summed E-state index contributed by atoms with van der Waals surface area (Å²) in [5.74, 6) is -3.34. The third-order valence-corrected chi connectivity index (χ3v) is 3.84. The molecule has 126 valence electrons. The zero-order valence-electron chi connectivity index (χ0n) is 13.4. The average Bonchev–Trinajstić information content (AvgIpc) is 2.50. The Morgan fingerprint density at radius 1 is 1.08 bits per heavy atom. The van der Waals surface area contributed by atoms with E-state index in [2.05, 4.69) is 5.32 Å². The standard InChI is InChI=1S/C18H18F2N2O2/c1-10-3-4-12(7-11(10)2)8-16(17(21)23)22-18(24)14-6-5-13(19)9-15(14)20/h3-7,9,16H,8H2,1-2H3,(H2,21,23)(H,22,24)/t16-/m1/s1. The van der Waals surface area contributed by atoms with Gasteiger partial charge in [-0.1, -0.05) is 18.2 Å². The lowest BCUT2D eigenvalue weighted by Crippen LogP contribution is -2.46. The number of primary amides is 1. The van der Waals surface area contributed by atoms with Crippen molar-refractivity contribution in [3.63, 3.8) is 0 Å². The average molecular weight is 332 g/mol. The van der Waals surface area contributed by atoms with Crippen molar-refractivity contribution in [2.75, 3.05) is 0 Å². The Morgan fingerprint density at radius 2 is 1.79 bits per heavy atom. The van der Waals surface area contributed by atoms with Crippen LogP contribution in [0.3, 0.4) is 0 Å². The SMILES string of the molecule is Cc1ccc(C[C@@H](NC(=O)c2ccc(F)cc2F)C(N)=O)cc1C. The Morgan fingerprint density at radius 3 is 2.38 bits per heavy atom. The summed E-state index contributed by atoms with van der Waals surface area (Å²) < 4.78 is 26.6. The summed E-state index contributed by atoms with van der Waals surface area (Å²) in [6, 6.07) is 7.25. The van der Waals surface area contributed by atoms with E-state index in [0.717, 1.165) is 28.8 Å². The number of nitrogens with two attached hydrogens (primary N) is 1. The van der Waals surface area contributed by atoms with Crippen molar-refractivity contribution in [2.45, 2.75) is 26.3 Å². The summed E-state index contributed by atoms with van der Waals surface area (Å²) in [4.78, 5) is 23.7. The second-order valence-electron chi connectivity index (χ2n) is 5.68. The summed E-state index contributed by atoms with van der Waals surface area (Å²) in [7, 11) is 0. The van der Waals surface area contributed by atoms with Gasteiger partial charge in [0, 0.05) is 12.5 Å². The minimum atomic E-state index is -0.998. The number of nitrogens with one attached hydrogen (secondary N) is 1. The summed E-state index contributed by atoms with van der Waals surface area (Å²) in [5.41, 5.74) is 7.96. The summed E-state index contributed by atoms with van der Waals surface area (Å²) in [5, 5.41) is 2.40. The number of hydrogen-bond donors (Lipinski definition) is 2. The van der Waals surface area contributed by atoms with Crippen molar-refractivity contribution >= 4 is 11.8 Å².